The summed E-state index contributed by atoms with van der Waals surface area (Å²) in [4.78, 5) is 6.39. The van der Waals surface area contributed by atoms with Gasteiger partial charge in [-0.1, -0.05) is 83.6 Å². The van der Waals surface area contributed by atoms with Gasteiger partial charge in [0.05, 0.1) is 6.54 Å². The lowest BCUT2D eigenvalue weighted by molar-refractivity contribution is 0.0788. The number of nitrogens with zero attached hydrogens (tertiary/aromatic N) is 2. The van der Waals surface area contributed by atoms with Crippen LogP contribution in [0.15, 0.2) is 17.1 Å². The van der Waals surface area contributed by atoms with Crippen LogP contribution < -0.4 is 0 Å². The van der Waals surface area contributed by atoms with E-state index in [1.54, 1.807) is 6.92 Å². The highest BCUT2D eigenvalue weighted by Crippen LogP contribution is 2.13. The molecule has 0 saturated carbocycles. The van der Waals surface area contributed by atoms with Crippen LogP contribution >= 0.6 is 0 Å². The standard InChI is InChI=1S/C21H40N2O/c1-3-4-5-6-7-8-9-10-11-12-13-14-15-16-17-21-22-18-19-23(21)20(2)24/h16-17,20,24H,3-15,18-19H2,1-2H3/b17-16+. The second-order valence-corrected chi connectivity index (χ2v) is 7.15. The fraction of sp³-hybridized carbons (Fsp3) is 0.857. The van der Waals surface area contributed by atoms with Crippen LogP contribution in [0.2, 0.25) is 0 Å². The molecule has 3 heteroatoms. The largest absolute Gasteiger partial charge is 0.374 e. The van der Waals surface area contributed by atoms with Gasteiger partial charge in [0.2, 0.25) is 0 Å². The molecule has 0 radical (unpaired) electrons. The summed E-state index contributed by atoms with van der Waals surface area (Å²) in [5, 5.41) is 9.65. The molecule has 0 aromatic carbocycles. The van der Waals surface area contributed by atoms with Gasteiger partial charge in [0, 0.05) is 6.54 Å². The molecule has 1 rings (SSSR count). The highest BCUT2D eigenvalue weighted by molar-refractivity contribution is 5.94. The third kappa shape index (κ3) is 10.1. The second-order valence-electron chi connectivity index (χ2n) is 7.15. The highest BCUT2D eigenvalue weighted by atomic mass is 16.3. The highest BCUT2D eigenvalue weighted by Gasteiger charge is 2.17. The van der Waals surface area contributed by atoms with Crippen molar-refractivity contribution in [1.82, 2.24) is 4.90 Å². The van der Waals surface area contributed by atoms with Crippen LogP contribution in [0, 0.1) is 0 Å². The first-order valence-electron chi connectivity index (χ1n) is 10.4. The lowest BCUT2D eigenvalue weighted by atomic mass is 10.0. The van der Waals surface area contributed by atoms with Crippen molar-refractivity contribution in [1.29, 1.82) is 0 Å². The molecule has 1 aliphatic rings. The summed E-state index contributed by atoms with van der Waals surface area (Å²) in [5.41, 5.74) is 0. The van der Waals surface area contributed by atoms with Crippen molar-refractivity contribution in [3.63, 3.8) is 0 Å². The van der Waals surface area contributed by atoms with Gasteiger partial charge in [-0.15, -0.1) is 0 Å². The summed E-state index contributed by atoms with van der Waals surface area (Å²) >= 11 is 0. The van der Waals surface area contributed by atoms with Crippen LogP contribution in [0.3, 0.4) is 0 Å². The topological polar surface area (TPSA) is 35.8 Å². The second kappa shape index (κ2) is 14.5. The zero-order valence-corrected chi connectivity index (χ0v) is 16.2. The van der Waals surface area contributed by atoms with Crippen LogP contribution in [0.1, 0.15) is 97.3 Å². The number of hydrogen-bond acceptors (Lipinski definition) is 3. The van der Waals surface area contributed by atoms with Crippen molar-refractivity contribution in [3.05, 3.63) is 12.2 Å². The summed E-state index contributed by atoms with van der Waals surface area (Å²) < 4.78 is 0. The van der Waals surface area contributed by atoms with E-state index in [2.05, 4.69) is 24.1 Å². The Balaban J connectivity index is 1.86. The van der Waals surface area contributed by atoms with E-state index in [1.807, 2.05) is 4.90 Å². The fourth-order valence-electron chi connectivity index (χ4n) is 3.30. The number of hydrogen-bond donors (Lipinski definition) is 1. The van der Waals surface area contributed by atoms with Gasteiger partial charge < -0.3 is 10.0 Å². The molecule has 0 spiro atoms. The van der Waals surface area contributed by atoms with Crippen molar-refractivity contribution >= 4 is 5.84 Å². The predicted octanol–water partition coefficient (Wildman–Crippen LogP) is 5.69. The third-order valence-electron chi connectivity index (χ3n) is 4.85. The predicted molar refractivity (Wildman–Crippen MR) is 106 cm³/mol. The molecule has 0 fully saturated rings. The van der Waals surface area contributed by atoms with Gasteiger partial charge in [-0.05, 0) is 25.8 Å². The lowest BCUT2D eigenvalue weighted by Gasteiger charge is -2.21. The van der Waals surface area contributed by atoms with Gasteiger partial charge >= 0.3 is 0 Å². The number of aliphatic hydroxyl groups excluding tert-OH is 1. The third-order valence-corrected chi connectivity index (χ3v) is 4.85. The minimum atomic E-state index is -0.428. The molecule has 0 aliphatic carbocycles. The first-order valence-corrected chi connectivity index (χ1v) is 10.4. The summed E-state index contributed by atoms with van der Waals surface area (Å²) in [6.45, 7) is 5.74. The molecule has 1 heterocycles. The Kier molecular flexibility index (Phi) is 12.8. The summed E-state index contributed by atoms with van der Waals surface area (Å²) in [6, 6.07) is 0. The molecule has 1 N–H and O–H groups in total. The number of aliphatic imine (C=N–C) groups is 1. The molecule has 0 aromatic heterocycles. The van der Waals surface area contributed by atoms with E-state index >= 15 is 0 Å². The van der Waals surface area contributed by atoms with Gasteiger partial charge in [0.25, 0.3) is 0 Å². The van der Waals surface area contributed by atoms with E-state index in [1.165, 1.54) is 77.0 Å². The normalized spacial score (nSPS) is 16.1. The molecule has 0 bridgehead atoms. The number of unbranched alkanes of at least 4 members (excludes halogenated alkanes) is 12. The molecule has 0 aromatic rings. The Hall–Kier alpha value is -0.830. The molecule has 1 unspecified atom stereocenters. The Labute approximate surface area is 150 Å². The van der Waals surface area contributed by atoms with Gasteiger partial charge in [0.15, 0.2) is 0 Å². The summed E-state index contributed by atoms with van der Waals surface area (Å²) in [5.74, 6) is 0.948. The smallest absolute Gasteiger partial charge is 0.125 e. The van der Waals surface area contributed by atoms with Crippen LogP contribution in [-0.4, -0.2) is 35.2 Å². The molecule has 24 heavy (non-hydrogen) atoms. The SMILES string of the molecule is CCCCCCCCCCCCCC/C=C/C1=NCCN1C(C)O. The number of amidine groups is 1. The average molecular weight is 337 g/mol. The molecule has 140 valence electrons. The monoisotopic (exact) mass is 336 g/mol. The van der Waals surface area contributed by atoms with Crippen molar-refractivity contribution in [2.75, 3.05) is 13.1 Å². The molecular weight excluding hydrogens is 296 g/mol. The zero-order chi connectivity index (χ0) is 17.5. The quantitative estimate of drug-likeness (QED) is 0.390. The van der Waals surface area contributed by atoms with Crippen LogP contribution in [0.5, 0.6) is 0 Å². The Morgan fingerprint density at radius 3 is 2.04 bits per heavy atom. The van der Waals surface area contributed by atoms with Gasteiger partial charge in [-0.25, -0.2) is 0 Å². The van der Waals surface area contributed by atoms with E-state index in [-0.39, 0.29) is 0 Å². The molecule has 3 nitrogen and oxygen atoms in total. The van der Waals surface area contributed by atoms with Crippen molar-refractivity contribution in [2.45, 2.75) is 104 Å². The Bertz CT molecular complexity index is 350. The maximum Gasteiger partial charge on any atom is 0.125 e. The first-order chi connectivity index (χ1) is 11.8. The van der Waals surface area contributed by atoms with Gasteiger partial charge in [-0.2, -0.15) is 0 Å². The van der Waals surface area contributed by atoms with Gasteiger partial charge in [0.1, 0.15) is 12.1 Å². The molecule has 1 aliphatic heterocycles. The van der Waals surface area contributed by atoms with E-state index in [9.17, 15) is 5.11 Å². The van der Waals surface area contributed by atoms with Crippen molar-refractivity contribution in [3.8, 4) is 0 Å². The number of allylic oxidation sites excluding steroid dienone is 1. The van der Waals surface area contributed by atoms with Crippen LogP contribution in [0.4, 0.5) is 0 Å². The fourth-order valence-corrected chi connectivity index (χ4v) is 3.30. The lowest BCUT2D eigenvalue weighted by Crippen LogP contribution is -2.34. The van der Waals surface area contributed by atoms with E-state index in [0.717, 1.165) is 25.3 Å². The molecule has 0 amide bonds. The van der Waals surface area contributed by atoms with Crippen LogP contribution in [0.25, 0.3) is 0 Å². The number of rotatable bonds is 15. The van der Waals surface area contributed by atoms with E-state index in [0.29, 0.717) is 0 Å². The minimum Gasteiger partial charge on any atom is -0.374 e. The first kappa shape index (κ1) is 21.2. The maximum absolute atomic E-state index is 9.65. The molecule has 1 atom stereocenters. The van der Waals surface area contributed by atoms with Gasteiger partial charge in [-0.3, -0.25) is 4.99 Å². The Morgan fingerprint density at radius 2 is 1.50 bits per heavy atom. The zero-order valence-electron chi connectivity index (χ0n) is 16.2. The van der Waals surface area contributed by atoms with Crippen molar-refractivity contribution < 1.29 is 5.11 Å². The van der Waals surface area contributed by atoms with E-state index < -0.39 is 6.23 Å². The summed E-state index contributed by atoms with van der Waals surface area (Å²) in [6.07, 6.45) is 21.8. The maximum atomic E-state index is 9.65. The Morgan fingerprint density at radius 1 is 0.958 bits per heavy atom. The van der Waals surface area contributed by atoms with Crippen molar-refractivity contribution in [2.24, 2.45) is 4.99 Å². The summed E-state index contributed by atoms with van der Waals surface area (Å²) in [7, 11) is 0. The van der Waals surface area contributed by atoms with E-state index in [4.69, 9.17) is 0 Å². The average Bonchev–Trinajstić information content (AvgIpc) is 3.04. The number of aliphatic hydroxyl groups is 1. The molecule has 0 saturated heterocycles. The molecular formula is C21H40N2O. The van der Waals surface area contributed by atoms with Crippen LogP contribution in [-0.2, 0) is 0 Å². The minimum absolute atomic E-state index is 0.428.